The van der Waals surface area contributed by atoms with Gasteiger partial charge in [-0.2, -0.15) is 0 Å². The Morgan fingerprint density at radius 2 is 1.78 bits per heavy atom. The summed E-state index contributed by atoms with van der Waals surface area (Å²) in [5.74, 6) is 0.0940. The van der Waals surface area contributed by atoms with Gasteiger partial charge in [0.05, 0.1) is 0 Å². The molecule has 0 spiro atoms. The lowest BCUT2D eigenvalue weighted by atomic mass is 10.0. The van der Waals surface area contributed by atoms with Crippen LogP contribution >= 0.6 is 22.6 Å². The van der Waals surface area contributed by atoms with Crippen molar-refractivity contribution >= 4 is 28.4 Å². The van der Waals surface area contributed by atoms with E-state index in [0.717, 1.165) is 27.5 Å². The number of benzene rings is 2. The molecule has 0 bridgehead atoms. The van der Waals surface area contributed by atoms with Crippen LogP contribution in [0.15, 0.2) is 48.5 Å². The molecule has 0 aromatic heterocycles. The van der Waals surface area contributed by atoms with Gasteiger partial charge in [-0.25, -0.2) is 0 Å². The van der Waals surface area contributed by atoms with Crippen LogP contribution in [-0.2, 0) is 6.42 Å². The molecule has 1 nitrogen and oxygen atoms in total. The normalized spacial score (nSPS) is 10.3. The fourth-order valence-corrected chi connectivity index (χ4v) is 2.45. The second-order valence-corrected chi connectivity index (χ2v) is 5.53. The highest BCUT2D eigenvalue weighted by molar-refractivity contribution is 14.1. The summed E-state index contributed by atoms with van der Waals surface area (Å²) in [6.07, 6.45) is 2.20. The summed E-state index contributed by atoms with van der Waals surface area (Å²) in [5.41, 5.74) is 2.80. The Balaban J connectivity index is 2.23. The Hall–Kier alpha value is -1.16. The van der Waals surface area contributed by atoms with Gasteiger partial charge in [-0.05, 0) is 46.7 Å². The monoisotopic (exact) mass is 350 g/mol. The van der Waals surface area contributed by atoms with Crippen molar-refractivity contribution in [2.24, 2.45) is 0 Å². The van der Waals surface area contributed by atoms with E-state index in [2.05, 4.69) is 29.5 Å². The van der Waals surface area contributed by atoms with E-state index in [9.17, 15) is 4.79 Å². The second kappa shape index (κ2) is 6.14. The zero-order valence-electron chi connectivity index (χ0n) is 10.3. The predicted octanol–water partition coefficient (Wildman–Crippen LogP) is 4.47. The lowest BCUT2D eigenvalue weighted by Gasteiger charge is -2.03. The average molecular weight is 350 g/mol. The zero-order chi connectivity index (χ0) is 13.0. The summed E-state index contributed by atoms with van der Waals surface area (Å²) in [7, 11) is 0. The first-order valence-corrected chi connectivity index (χ1v) is 7.18. The van der Waals surface area contributed by atoms with Crippen LogP contribution in [0.5, 0.6) is 0 Å². The van der Waals surface area contributed by atoms with Gasteiger partial charge < -0.3 is 0 Å². The van der Waals surface area contributed by atoms with Crippen molar-refractivity contribution in [2.75, 3.05) is 0 Å². The van der Waals surface area contributed by atoms with Crippen LogP contribution in [0, 0.1) is 3.57 Å². The topological polar surface area (TPSA) is 17.1 Å². The quantitative estimate of drug-likeness (QED) is 0.587. The van der Waals surface area contributed by atoms with E-state index in [1.807, 2.05) is 48.5 Å². The van der Waals surface area contributed by atoms with E-state index in [1.54, 1.807) is 0 Å². The predicted molar refractivity (Wildman–Crippen MR) is 83.0 cm³/mol. The summed E-state index contributed by atoms with van der Waals surface area (Å²) in [4.78, 5) is 12.3. The number of halogens is 1. The lowest BCUT2D eigenvalue weighted by molar-refractivity contribution is 0.103. The molecule has 18 heavy (non-hydrogen) atoms. The van der Waals surface area contributed by atoms with Crippen LogP contribution in [0.1, 0.15) is 34.8 Å². The first-order chi connectivity index (χ1) is 8.70. The summed E-state index contributed by atoms with van der Waals surface area (Å²) in [6.45, 7) is 2.16. The van der Waals surface area contributed by atoms with Gasteiger partial charge in [-0.1, -0.05) is 49.7 Å². The summed E-state index contributed by atoms with van der Waals surface area (Å²) >= 11 is 2.22. The molecule has 2 aromatic rings. The van der Waals surface area contributed by atoms with Crippen molar-refractivity contribution in [1.29, 1.82) is 0 Å². The maximum atomic E-state index is 12.3. The van der Waals surface area contributed by atoms with Gasteiger partial charge in [0.1, 0.15) is 0 Å². The molecule has 0 saturated heterocycles. The highest BCUT2D eigenvalue weighted by Crippen LogP contribution is 2.14. The molecular formula is C16H15IO. The van der Waals surface area contributed by atoms with Crippen molar-refractivity contribution in [3.05, 3.63) is 68.8 Å². The van der Waals surface area contributed by atoms with Crippen LogP contribution < -0.4 is 0 Å². The molecule has 0 aliphatic rings. The van der Waals surface area contributed by atoms with E-state index in [4.69, 9.17) is 0 Å². The smallest absolute Gasteiger partial charge is 0.193 e. The van der Waals surface area contributed by atoms with Crippen LogP contribution in [0.2, 0.25) is 0 Å². The minimum Gasteiger partial charge on any atom is -0.289 e. The van der Waals surface area contributed by atoms with Gasteiger partial charge in [-0.3, -0.25) is 4.79 Å². The number of hydrogen-bond acceptors (Lipinski definition) is 1. The first kappa shape index (κ1) is 13.3. The molecule has 0 aliphatic heterocycles. The SMILES string of the molecule is CCCc1ccc(C(=O)c2cccc(I)c2)cc1. The fourth-order valence-electron chi connectivity index (χ4n) is 1.91. The van der Waals surface area contributed by atoms with E-state index >= 15 is 0 Å². The van der Waals surface area contributed by atoms with Gasteiger partial charge in [0, 0.05) is 14.7 Å². The highest BCUT2D eigenvalue weighted by atomic mass is 127. The summed E-state index contributed by atoms with van der Waals surface area (Å²) in [6, 6.07) is 15.6. The van der Waals surface area contributed by atoms with Gasteiger partial charge in [0.2, 0.25) is 0 Å². The minimum atomic E-state index is 0.0940. The third kappa shape index (κ3) is 3.19. The molecule has 0 radical (unpaired) electrons. The van der Waals surface area contributed by atoms with Crippen molar-refractivity contribution in [3.8, 4) is 0 Å². The Morgan fingerprint density at radius 3 is 2.39 bits per heavy atom. The van der Waals surface area contributed by atoms with Crippen molar-refractivity contribution in [2.45, 2.75) is 19.8 Å². The average Bonchev–Trinajstić information content (AvgIpc) is 2.39. The maximum Gasteiger partial charge on any atom is 0.193 e. The number of ketones is 1. The first-order valence-electron chi connectivity index (χ1n) is 6.10. The van der Waals surface area contributed by atoms with E-state index < -0.39 is 0 Å². The lowest BCUT2D eigenvalue weighted by Crippen LogP contribution is -2.01. The number of carbonyl (C=O) groups is 1. The van der Waals surface area contributed by atoms with Crippen LogP contribution in [0.25, 0.3) is 0 Å². The van der Waals surface area contributed by atoms with E-state index in [1.165, 1.54) is 5.56 Å². The number of hydrogen-bond donors (Lipinski definition) is 0. The Labute approximate surface area is 121 Å². The number of rotatable bonds is 4. The van der Waals surface area contributed by atoms with Crippen LogP contribution in [0.4, 0.5) is 0 Å². The maximum absolute atomic E-state index is 12.3. The van der Waals surface area contributed by atoms with Crippen molar-refractivity contribution in [3.63, 3.8) is 0 Å². The molecule has 0 amide bonds. The van der Waals surface area contributed by atoms with Gasteiger partial charge in [-0.15, -0.1) is 0 Å². The molecule has 0 heterocycles. The fraction of sp³-hybridized carbons (Fsp3) is 0.188. The molecule has 2 aromatic carbocycles. The van der Waals surface area contributed by atoms with Gasteiger partial charge in [0.15, 0.2) is 5.78 Å². The Bertz CT molecular complexity index is 543. The van der Waals surface area contributed by atoms with Crippen molar-refractivity contribution < 1.29 is 4.79 Å². The molecule has 92 valence electrons. The summed E-state index contributed by atoms with van der Waals surface area (Å²) in [5, 5.41) is 0. The third-order valence-corrected chi connectivity index (χ3v) is 3.51. The van der Waals surface area contributed by atoms with Crippen molar-refractivity contribution in [1.82, 2.24) is 0 Å². The Morgan fingerprint density at radius 1 is 1.06 bits per heavy atom. The van der Waals surface area contributed by atoms with Gasteiger partial charge in [0.25, 0.3) is 0 Å². The minimum absolute atomic E-state index is 0.0940. The van der Waals surface area contributed by atoms with Crippen LogP contribution in [0.3, 0.4) is 0 Å². The molecule has 0 fully saturated rings. The largest absolute Gasteiger partial charge is 0.289 e. The number of aryl methyl sites for hydroxylation is 1. The molecule has 0 aliphatic carbocycles. The standard InChI is InChI=1S/C16H15IO/c1-2-4-12-7-9-13(10-8-12)16(18)14-5-3-6-15(17)11-14/h3,5-11H,2,4H2,1H3. The molecule has 0 unspecified atom stereocenters. The zero-order valence-corrected chi connectivity index (χ0v) is 12.5. The third-order valence-electron chi connectivity index (χ3n) is 2.84. The molecule has 2 rings (SSSR count). The molecular weight excluding hydrogens is 335 g/mol. The highest BCUT2D eigenvalue weighted by Gasteiger charge is 2.08. The van der Waals surface area contributed by atoms with E-state index in [0.29, 0.717) is 0 Å². The molecule has 0 atom stereocenters. The number of carbonyl (C=O) groups excluding carboxylic acids is 1. The summed E-state index contributed by atoms with van der Waals surface area (Å²) < 4.78 is 1.08. The Kier molecular flexibility index (Phi) is 4.53. The van der Waals surface area contributed by atoms with Gasteiger partial charge >= 0.3 is 0 Å². The molecule has 0 saturated carbocycles. The van der Waals surface area contributed by atoms with Crippen LogP contribution in [-0.4, -0.2) is 5.78 Å². The second-order valence-electron chi connectivity index (χ2n) is 4.29. The molecule has 0 N–H and O–H groups in total. The molecule has 2 heteroatoms. The van der Waals surface area contributed by atoms with E-state index in [-0.39, 0.29) is 5.78 Å².